The Bertz CT molecular complexity index is 1170. The Hall–Kier alpha value is -3.60. The number of para-hydroxylation sites is 2. The highest BCUT2D eigenvalue weighted by molar-refractivity contribution is 6.01. The molecule has 0 saturated heterocycles. The van der Waals surface area contributed by atoms with Crippen molar-refractivity contribution >= 4 is 17.2 Å². The van der Waals surface area contributed by atoms with Crippen molar-refractivity contribution in [3.8, 4) is 5.75 Å². The number of anilines is 2. The molecule has 1 aliphatic heterocycles. The zero-order valence-corrected chi connectivity index (χ0v) is 17.2. The number of Topliss-reactive ketones (excluding diaryl/α,β-unsaturated/α-hetero) is 1. The van der Waals surface area contributed by atoms with Crippen molar-refractivity contribution in [2.75, 3.05) is 17.7 Å². The summed E-state index contributed by atoms with van der Waals surface area (Å²) in [6.07, 6.45) is 1.06. The van der Waals surface area contributed by atoms with Gasteiger partial charge in [0, 0.05) is 23.3 Å². The van der Waals surface area contributed by atoms with Gasteiger partial charge in [0.2, 0.25) is 0 Å². The van der Waals surface area contributed by atoms with E-state index < -0.39 is 6.04 Å². The van der Waals surface area contributed by atoms with E-state index in [-0.39, 0.29) is 17.5 Å². The first kappa shape index (κ1) is 19.4. The van der Waals surface area contributed by atoms with E-state index in [1.807, 2.05) is 48.5 Å². The average molecular weight is 414 g/mol. The smallest absolute Gasteiger partial charge is 0.163 e. The molecule has 0 bridgehead atoms. The molecule has 0 amide bonds. The van der Waals surface area contributed by atoms with Gasteiger partial charge >= 0.3 is 0 Å². The van der Waals surface area contributed by atoms with E-state index >= 15 is 0 Å². The number of benzene rings is 3. The van der Waals surface area contributed by atoms with Gasteiger partial charge in [-0.1, -0.05) is 42.5 Å². The van der Waals surface area contributed by atoms with Gasteiger partial charge in [-0.25, -0.2) is 4.39 Å². The van der Waals surface area contributed by atoms with Crippen molar-refractivity contribution in [2.24, 2.45) is 0 Å². The summed E-state index contributed by atoms with van der Waals surface area (Å²) in [4.78, 5) is 13.4. The van der Waals surface area contributed by atoms with E-state index in [0.717, 1.165) is 28.4 Å². The molecule has 1 heterocycles. The lowest BCUT2D eigenvalue weighted by molar-refractivity contribution is -0.116. The van der Waals surface area contributed by atoms with Crippen LogP contribution in [0.4, 0.5) is 15.8 Å². The SMILES string of the molecule is COc1ccc([C@@H]2CC(=O)C3=C(C2)Nc2ccccc2N[C@@H]3c2ccccc2F)cc1. The fourth-order valence-electron chi connectivity index (χ4n) is 4.55. The third-order valence-corrected chi connectivity index (χ3v) is 6.11. The van der Waals surface area contributed by atoms with E-state index in [1.165, 1.54) is 6.07 Å². The molecule has 5 heteroatoms. The second-order valence-electron chi connectivity index (χ2n) is 7.96. The molecule has 156 valence electrons. The summed E-state index contributed by atoms with van der Waals surface area (Å²) >= 11 is 0. The first-order chi connectivity index (χ1) is 15.1. The van der Waals surface area contributed by atoms with Crippen molar-refractivity contribution in [3.63, 3.8) is 0 Å². The normalized spacial score (nSPS) is 20.1. The molecule has 2 aliphatic rings. The lowest BCUT2D eigenvalue weighted by atomic mass is 9.78. The van der Waals surface area contributed by atoms with Crippen LogP contribution < -0.4 is 15.4 Å². The summed E-state index contributed by atoms with van der Waals surface area (Å²) < 4.78 is 20.0. The van der Waals surface area contributed by atoms with Crippen LogP contribution in [0.3, 0.4) is 0 Å². The molecule has 0 spiro atoms. The van der Waals surface area contributed by atoms with Crippen LogP contribution in [0, 0.1) is 5.82 Å². The molecule has 2 atom stereocenters. The van der Waals surface area contributed by atoms with Crippen LogP contribution in [0.2, 0.25) is 0 Å². The Morgan fingerprint density at radius 2 is 1.61 bits per heavy atom. The quantitative estimate of drug-likeness (QED) is 0.568. The highest BCUT2D eigenvalue weighted by atomic mass is 19.1. The Morgan fingerprint density at radius 3 is 2.35 bits per heavy atom. The summed E-state index contributed by atoms with van der Waals surface area (Å²) in [5.74, 6) is 0.548. The molecule has 4 nitrogen and oxygen atoms in total. The Labute approximate surface area is 180 Å². The van der Waals surface area contributed by atoms with Crippen molar-refractivity contribution < 1.29 is 13.9 Å². The van der Waals surface area contributed by atoms with Gasteiger partial charge in [-0.2, -0.15) is 0 Å². The number of ether oxygens (including phenoxy) is 1. The van der Waals surface area contributed by atoms with Gasteiger partial charge in [0.05, 0.1) is 24.5 Å². The fraction of sp³-hybridized carbons (Fsp3) is 0.192. The molecule has 31 heavy (non-hydrogen) atoms. The van der Waals surface area contributed by atoms with Gasteiger partial charge in [0.1, 0.15) is 11.6 Å². The topological polar surface area (TPSA) is 50.4 Å². The number of halogens is 1. The number of allylic oxidation sites excluding steroid dienone is 1. The molecule has 0 fully saturated rings. The molecule has 0 unspecified atom stereocenters. The maximum absolute atomic E-state index is 14.8. The predicted octanol–water partition coefficient (Wildman–Crippen LogP) is 5.81. The van der Waals surface area contributed by atoms with E-state index in [2.05, 4.69) is 10.6 Å². The standard InChI is InChI=1S/C26H23FN2O2/c1-31-18-12-10-16(11-13-18)17-14-23-25(24(30)15-17)26(19-6-2-3-7-20(19)27)29-22-9-5-4-8-21(22)28-23/h2-13,17,26,28-29H,14-15H2,1H3/t17-,26+/m0/s1. The number of hydrogen-bond acceptors (Lipinski definition) is 4. The summed E-state index contributed by atoms with van der Waals surface area (Å²) in [5.41, 5.74) is 4.77. The third-order valence-electron chi connectivity index (χ3n) is 6.11. The molecule has 0 aromatic heterocycles. The van der Waals surface area contributed by atoms with Gasteiger partial charge in [0.15, 0.2) is 5.78 Å². The maximum atomic E-state index is 14.8. The Kier molecular flexibility index (Phi) is 4.94. The van der Waals surface area contributed by atoms with Crippen LogP contribution >= 0.6 is 0 Å². The van der Waals surface area contributed by atoms with Crippen molar-refractivity contribution in [2.45, 2.75) is 24.8 Å². The van der Waals surface area contributed by atoms with Crippen LogP contribution in [-0.4, -0.2) is 12.9 Å². The van der Waals surface area contributed by atoms with Crippen LogP contribution in [0.15, 0.2) is 84.1 Å². The predicted molar refractivity (Wildman–Crippen MR) is 120 cm³/mol. The number of hydrogen-bond donors (Lipinski definition) is 2. The zero-order chi connectivity index (χ0) is 21.4. The number of carbonyl (C=O) groups is 1. The molecule has 0 saturated carbocycles. The van der Waals surface area contributed by atoms with E-state index in [0.29, 0.717) is 24.0 Å². The van der Waals surface area contributed by atoms with Crippen molar-refractivity contribution in [1.82, 2.24) is 0 Å². The van der Waals surface area contributed by atoms with Crippen LogP contribution in [0.1, 0.15) is 35.9 Å². The molecule has 3 aromatic carbocycles. The average Bonchev–Trinajstić information content (AvgIpc) is 2.96. The van der Waals surface area contributed by atoms with Crippen molar-refractivity contribution in [3.05, 3.63) is 101 Å². The fourth-order valence-corrected chi connectivity index (χ4v) is 4.55. The van der Waals surface area contributed by atoms with Gasteiger partial charge < -0.3 is 15.4 Å². The molecular formula is C26H23FN2O2. The molecular weight excluding hydrogens is 391 g/mol. The summed E-state index contributed by atoms with van der Waals surface area (Å²) in [6, 6.07) is 21.8. The Balaban J connectivity index is 1.59. The highest BCUT2D eigenvalue weighted by Gasteiger charge is 2.36. The molecule has 1 aliphatic carbocycles. The Morgan fingerprint density at radius 1 is 0.903 bits per heavy atom. The molecule has 5 rings (SSSR count). The monoisotopic (exact) mass is 414 g/mol. The lowest BCUT2D eigenvalue weighted by Gasteiger charge is -2.30. The van der Waals surface area contributed by atoms with Crippen LogP contribution in [0.5, 0.6) is 5.75 Å². The number of methoxy groups -OCH3 is 1. The first-order valence-electron chi connectivity index (χ1n) is 10.4. The van der Waals surface area contributed by atoms with E-state index in [1.54, 1.807) is 25.3 Å². The first-order valence-corrected chi connectivity index (χ1v) is 10.4. The summed E-state index contributed by atoms with van der Waals surface area (Å²) in [5, 5.41) is 6.90. The minimum atomic E-state index is -0.545. The summed E-state index contributed by atoms with van der Waals surface area (Å²) in [6.45, 7) is 0. The minimum Gasteiger partial charge on any atom is -0.497 e. The van der Waals surface area contributed by atoms with Crippen molar-refractivity contribution in [1.29, 1.82) is 0 Å². The number of ketones is 1. The van der Waals surface area contributed by atoms with Gasteiger partial charge in [-0.05, 0) is 48.2 Å². The summed E-state index contributed by atoms with van der Waals surface area (Å²) in [7, 11) is 1.64. The minimum absolute atomic E-state index is 0.0307. The van der Waals surface area contributed by atoms with E-state index in [9.17, 15) is 9.18 Å². The second-order valence-corrected chi connectivity index (χ2v) is 7.96. The van der Waals surface area contributed by atoms with Gasteiger partial charge in [0.25, 0.3) is 0 Å². The number of carbonyl (C=O) groups excluding carboxylic acids is 1. The lowest BCUT2D eigenvalue weighted by Crippen LogP contribution is -2.27. The van der Waals surface area contributed by atoms with Gasteiger partial charge in [-0.3, -0.25) is 4.79 Å². The van der Waals surface area contributed by atoms with Crippen LogP contribution in [-0.2, 0) is 4.79 Å². The third kappa shape index (κ3) is 3.56. The molecule has 2 N–H and O–H groups in total. The molecule has 0 radical (unpaired) electrons. The van der Waals surface area contributed by atoms with Gasteiger partial charge in [-0.15, -0.1) is 0 Å². The zero-order valence-electron chi connectivity index (χ0n) is 17.2. The van der Waals surface area contributed by atoms with Crippen LogP contribution in [0.25, 0.3) is 0 Å². The number of rotatable bonds is 3. The maximum Gasteiger partial charge on any atom is 0.163 e. The largest absolute Gasteiger partial charge is 0.497 e. The van der Waals surface area contributed by atoms with E-state index in [4.69, 9.17) is 4.74 Å². The number of fused-ring (bicyclic) bond motifs is 1. The second kappa shape index (κ2) is 7.91. The number of nitrogens with one attached hydrogen (secondary N) is 2. The molecule has 3 aromatic rings. The highest BCUT2D eigenvalue weighted by Crippen LogP contribution is 2.44.